The monoisotopic (exact) mass is 1160 g/mol. The Morgan fingerprint density at radius 1 is 0.678 bits per heavy atom. The maximum atomic E-state index is 12.2. The lowest BCUT2D eigenvalue weighted by Gasteiger charge is -2.32. The molecule has 0 bridgehead atoms. The summed E-state index contributed by atoms with van der Waals surface area (Å²) in [6.07, 6.45) is 14.2. The SMILES string of the molecule is C=C(CCC)c1ccc2oc(/C(C#N)=c3\c4c(-c5cccc(OCC(C)C)c5)n(B5OC6=C(CCC=C6)O5)/c(=C(\C#N)c5nc6cc(C)ccc6o5)c4c(-c4cccc(OCC(C)C(C)(C)CCCCCCC)c4)n3B3Oc4ccccc4O3)nc2c1. The van der Waals surface area contributed by atoms with Crippen molar-refractivity contribution in [3.05, 3.63) is 173 Å². The zero-order chi connectivity index (χ0) is 60.5. The number of aryl methyl sites for hydroxylation is 1. The smallest absolute Gasteiger partial charge is 0.507 e. The molecule has 4 aromatic heterocycles. The first kappa shape index (κ1) is 58.1. The average Bonchev–Trinajstić information content (AvgIpc) is 1.53. The second-order valence-electron chi connectivity index (χ2n) is 24.3. The number of nitrogens with zero attached hydrogens (tertiary/aromatic N) is 6. The molecule has 1 atom stereocenters. The van der Waals surface area contributed by atoms with E-state index >= 15 is 0 Å². The van der Waals surface area contributed by atoms with Gasteiger partial charge >= 0.3 is 14.5 Å². The molecule has 0 saturated carbocycles. The molecular weight excluding hydrogens is 1090 g/mol. The Bertz CT molecular complexity index is 4390. The summed E-state index contributed by atoms with van der Waals surface area (Å²) in [5, 5.41) is 25.9. The van der Waals surface area contributed by atoms with E-state index in [0.29, 0.717) is 120 Å². The predicted molar refractivity (Wildman–Crippen MR) is 343 cm³/mol. The third kappa shape index (κ3) is 11.4. The molecule has 1 aliphatic carbocycles. The van der Waals surface area contributed by atoms with E-state index in [1.54, 1.807) is 0 Å². The van der Waals surface area contributed by atoms with Crippen LogP contribution in [0.25, 0.3) is 72.2 Å². The molecule has 0 radical (unpaired) electrons. The lowest BCUT2D eigenvalue weighted by atomic mass is 9.76. The number of para-hydroxylation sites is 2. The molecule has 3 aliphatic rings. The summed E-state index contributed by atoms with van der Waals surface area (Å²) in [5.41, 5.74) is 7.29. The Morgan fingerprint density at radius 3 is 1.85 bits per heavy atom. The van der Waals surface area contributed by atoms with Crippen molar-refractivity contribution in [3.8, 4) is 57.7 Å². The van der Waals surface area contributed by atoms with Crippen molar-refractivity contribution in [2.45, 2.75) is 120 Å². The molecule has 1 unspecified atom stereocenters. The number of allylic oxidation sites excluding steroid dienone is 4. The topological polar surface area (TPSA) is 165 Å². The van der Waals surface area contributed by atoms with Crippen LogP contribution in [0.1, 0.15) is 136 Å². The zero-order valence-electron chi connectivity index (χ0n) is 51.0. The summed E-state index contributed by atoms with van der Waals surface area (Å²) in [6.45, 7) is 22.8. The van der Waals surface area contributed by atoms with Crippen molar-refractivity contribution >= 4 is 64.2 Å². The summed E-state index contributed by atoms with van der Waals surface area (Å²) in [7, 11) is -2.47. The van der Waals surface area contributed by atoms with Crippen LogP contribution in [0.4, 0.5) is 0 Å². The highest BCUT2D eigenvalue weighted by atomic mass is 16.6. The Hall–Kier alpha value is -9.27. The number of rotatable bonds is 22. The highest BCUT2D eigenvalue weighted by Gasteiger charge is 2.46. The molecule has 0 spiro atoms. The standard InChI is InChI=1S/C71H72B2N6O8/c1-10-12-13-14-19-35-71(8,9)47(7)43-81-52-26-21-24-50(38-52)66-64-63(68(79(66)73-86-61-29-17-18-30-62(61)87-73)54(41-75)70-77-56-39-48(46(6)22-11-2)32-34-58(56)83-70)65(49-23-20-25-51(37-49)80-42-44(3)4)78(72-84-59-27-15-16-28-60(59)85-72)67(64)53(40-74)69-76-55-36-45(5)31-33-57(55)82-69/h15,17-18,20-21,23-27,29-34,36-39,44,47H,6,10-14,16,19,22,28,35,42-43H2,1-5,7-9H3/b67-53+,68-54+. The van der Waals surface area contributed by atoms with Crippen molar-refractivity contribution in [1.82, 2.24) is 18.9 Å². The van der Waals surface area contributed by atoms with E-state index in [0.717, 1.165) is 48.8 Å². The van der Waals surface area contributed by atoms with Crippen LogP contribution >= 0.6 is 0 Å². The molecular formula is C71H72B2N6O8. The summed E-state index contributed by atoms with van der Waals surface area (Å²) in [4.78, 5) is 10.2. The van der Waals surface area contributed by atoms with E-state index in [-0.39, 0.29) is 40.2 Å². The van der Waals surface area contributed by atoms with Gasteiger partial charge in [0, 0.05) is 28.3 Å². The number of ether oxygens (including phenoxy) is 2. The van der Waals surface area contributed by atoms with E-state index in [4.69, 9.17) is 46.9 Å². The number of unbranched alkanes of at least 4 members (excludes halogenated alkanes) is 4. The predicted octanol–water partition coefficient (Wildman–Crippen LogP) is 15.8. The highest BCUT2D eigenvalue weighted by molar-refractivity contribution is 6.49. The number of hydrogen-bond donors (Lipinski definition) is 0. The molecule has 0 saturated heterocycles. The van der Waals surface area contributed by atoms with Crippen molar-refractivity contribution in [2.24, 2.45) is 17.3 Å². The largest absolute Gasteiger partial charge is 0.743 e. The quantitative estimate of drug-likeness (QED) is 0.0466. The van der Waals surface area contributed by atoms with Crippen LogP contribution in [0, 0.1) is 46.8 Å². The first-order chi connectivity index (χ1) is 42.2. The van der Waals surface area contributed by atoms with E-state index < -0.39 is 14.5 Å². The summed E-state index contributed by atoms with van der Waals surface area (Å²) < 4.78 is 58.5. The van der Waals surface area contributed by atoms with Gasteiger partial charge < -0.3 is 45.9 Å². The zero-order valence-corrected chi connectivity index (χ0v) is 51.0. The third-order valence-electron chi connectivity index (χ3n) is 17.0. The second-order valence-corrected chi connectivity index (χ2v) is 24.3. The molecule has 0 N–H and O–H groups in total. The van der Waals surface area contributed by atoms with Gasteiger partial charge in [0.15, 0.2) is 11.2 Å². The molecule has 5 aromatic carbocycles. The number of oxazole rings is 2. The van der Waals surface area contributed by atoms with E-state index in [1.807, 2.05) is 131 Å². The molecule has 440 valence electrons. The van der Waals surface area contributed by atoms with Gasteiger partial charge in [0.05, 0.1) is 35.3 Å². The Morgan fingerprint density at radius 2 is 1.26 bits per heavy atom. The third-order valence-corrected chi connectivity index (χ3v) is 17.0. The normalized spacial score (nSPS) is 14.8. The minimum absolute atomic E-state index is 0.0114. The molecule has 12 rings (SSSR count). The molecule has 87 heavy (non-hydrogen) atoms. The van der Waals surface area contributed by atoms with Crippen molar-refractivity contribution in [1.29, 1.82) is 10.5 Å². The fourth-order valence-corrected chi connectivity index (χ4v) is 11.9. The van der Waals surface area contributed by atoms with Gasteiger partial charge in [-0.2, -0.15) is 10.5 Å². The van der Waals surface area contributed by atoms with Gasteiger partial charge in [-0.3, -0.25) is 0 Å². The van der Waals surface area contributed by atoms with Gasteiger partial charge in [0.25, 0.3) is 0 Å². The first-order valence-corrected chi connectivity index (χ1v) is 30.7. The van der Waals surface area contributed by atoms with Crippen molar-refractivity contribution < 1.29 is 36.9 Å². The molecule has 9 aromatic rings. The average molecular weight is 1160 g/mol. The van der Waals surface area contributed by atoms with Gasteiger partial charge in [-0.1, -0.05) is 148 Å². The van der Waals surface area contributed by atoms with Crippen LogP contribution in [0.2, 0.25) is 0 Å². The maximum Gasteiger partial charge on any atom is 0.743 e. The minimum Gasteiger partial charge on any atom is -0.507 e. The number of aromatic nitrogens is 4. The molecule has 0 amide bonds. The fourth-order valence-electron chi connectivity index (χ4n) is 11.9. The lowest BCUT2D eigenvalue weighted by molar-refractivity contribution is 0.133. The number of hydrogen-bond acceptors (Lipinski definition) is 12. The van der Waals surface area contributed by atoms with Crippen LogP contribution in [-0.2, 0) is 9.31 Å². The van der Waals surface area contributed by atoms with E-state index in [1.165, 1.54) is 25.7 Å². The molecule has 16 heteroatoms. The van der Waals surface area contributed by atoms with Crippen LogP contribution in [-0.4, -0.2) is 46.6 Å². The summed E-state index contributed by atoms with van der Waals surface area (Å²) >= 11 is 0. The summed E-state index contributed by atoms with van der Waals surface area (Å²) in [6, 6.07) is 39.9. The fraction of sp³-hybridized carbons (Fsp3) is 0.324. The van der Waals surface area contributed by atoms with E-state index in [2.05, 4.69) is 73.3 Å². The Kier molecular flexibility index (Phi) is 16.4. The lowest BCUT2D eigenvalue weighted by Crippen LogP contribution is -2.43. The van der Waals surface area contributed by atoms with Gasteiger partial charge in [-0.15, -0.1) is 0 Å². The Labute approximate surface area is 509 Å². The van der Waals surface area contributed by atoms with Crippen LogP contribution in [0.15, 0.2) is 148 Å². The van der Waals surface area contributed by atoms with Crippen LogP contribution in [0.5, 0.6) is 23.0 Å². The first-order valence-electron chi connectivity index (χ1n) is 30.7. The van der Waals surface area contributed by atoms with Gasteiger partial charge in [0.1, 0.15) is 68.8 Å². The van der Waals surface area contributed by atoms with Crippen LogP contribution < -0.4 is 29.5 Å². The second kappa shape index (κ2) is 24.6. The van der Waals surface area contributed by atoms with Crippen molar-refractivity contribution in [3.63, 3.8) is 0 Å². The van der Waals surface area contributed by atoms with Gasteiger partial charge in [0.2, 0.25) is 11.8 Å². The van der Waals surface area contributed by atoms with Crippen LogP contribution in [0.3, 0.4) is 0 Å². The van der Waals surface area contributed by atoms with E-state index in [9.17, 15) is 10.5 Å². The highest BCUT2D eigenvalue weighted by Crippen LogP contribution is 2.43. The van der Waals surface area contributed by atoms with Gasteiger partial charge in [-0.05, 0) is 127 Å². The van der Waals surface area contributed by atoms with Crippen molar-refractivity contribution in [2.75, 3.05) is 13.2 Å². The summed E-state index contributed by atoms with van der Waals surface area (Å²) in [5.74, 6) is 3.92. The number of nitriles is 2. The molecule has 0 fully saturated rings. The Balaban J connectivity index is 1.23. The van der Waals surface area contributed by atoms with Gasteiger partial charge in [-0.25, -0.2) is 9.97 Å². The molecule has 14 nitrogen and oxygen atoms in total. The maximum absolute atomic E-state index is 12.2. The molecule has 2 aliphatic heterocycles. The number of fused-ring (bicyclic) bond motifs is 4. The minimum atomic E-state index is -1.26. The number of benzene rings is 5. The molecule has 6 heterocycles.